The van der Waals surface area contributed by atoms with Gasteiger partial charge in [-0.15, -0.1) is 0 Å². The Morgan fingerprint density at radius 2 is 1.93 bits per heavy atom. The van der Waals surface area contributed by atoms with Crippen LogP contribution in [-0.2, 0) is 6.54 Å². The molecule has 9 heteroatoms. The summed E-state index contributed by atoms with van der Waals surface area (Å²) >= 11 is 3.34. The Morgan fingerprint density at radius 3 is 2.63 bits per heavy atom. The van der Waals surface area contributed by atoms with Gasteiger partial charge in [-0.05, 0) is 35.9 Å². The number of hydrogen-bond acceptors (Lipinski definition) is 4. The fraction of sp³-hybridized carbons (Fsp3) is 0.0556. The molecule has 0 saturated heterocycles. The van der Waals surface area contributed by atoms with E-state index in [1.54, 1.807) is 42.5 Å². The van der Waals surface area contributed by atoms with Crippen LogP contribution in [0.3, 0.4) is 0 Å². The highest BCUT2D eigenvalue weighted by Crippen LogP contribution is 2.33. The third-order valence-corrected chi connectivity index (χ3v) is 4.24. The van der Waals surface area contributed by atoms with E-state index in [1.165, 1.54) is 0 Å². The number of primary amides is 1. The first kappa shape index (κ1) is 18.5. The van der Waals surface area contributed by atoms with E-state index in [2.05, 4.69) is 26.6 Å². The number of amides is 3. The standard InChI is InChI=1S/C18H14BrN3O5/c19-11-4-5-13-12(7-11)14(15(27-13)16(20)23)22-17(24)10-3-1-2-9(6-10)8-21-18(25)26/h1-7,21H,8H2,(H2,20,23)(H,22,24)(H,25,26). The van der Waals surface area contributed by atoms with Crippen molar-refractivity contribution in [2.45, 2.75) is 6.54 Å². The van der Waals surface area contributed by atoms with Gasteiger partial charge in [0.25, 0.3) is 11.8 Å². The minimum Gasteiger partial charge on any atom is -0.465 e. The third kappa shape index (κ3) is 4.09. The Morgan fingerprint density at radius 1 is 1.15 bits per heavy atom. The van der Waals surface area contributed by atoms with E-state index < -0.39 is 17.9 Å². The van der Waals surface area contributed by atoms with Gasteiger partial charge in [-0.1, -0.05) is 28.1 Å². The first-order chi connectivity index (χ1) is 12.8. The number of hydrogen-bond donors (Lipinski definition) is 4. The van der Waals surface area contributed by atoms with Gasteiger partial charge in [0, 0.05) is 22.0 Å². The Kier molecular flexibility index (Phi) is 5.13. The molecule has 1 heterocycles. The summed E-state index contributed by atoms with van der Waals surface area (Å²) in [6.45, 7) is 0.0601. The van der Waals surface area contributed by atoms with E-state index in [-0.39, 0.29) is 18.0 Å². The molecule has 27 heavy (non-hydrogen) atoms. The van der Waals surface area contributed by atoms with Crippen LogP contribution in [0, 0.1) is 0 Å². The highest BCUT2D eigenvalue weighted by molar-refractivity contribution is 9.10. The number of nitrogens with two attached hydrogens (primary N) is 1. The summed E-state index contributed by atoms with van der Waals surface area (Å²) in [6.07, 6.45) is -1.16. The largest absolute Gasteiger partial charge is 0.465 e. The molecule has 1 aromatic heterocycles. The molecule has 3 aromatic rings. The van der Waals surface area contributed by atoms with Crippen molar-refractivity contribution < 1.29 is 23.9 Å². The lowest BCUT2D eigenvalue weighted by atomic mass is 10.1. The fourth-order valence-corrected chi connectivity index (χ4v) is 2.91. The number of anilines is 1. The smallest absolute Gasteiger partial charge is 0.404 e. The highest BCUT2D eigenvalue weighted by Gasteiger charge is 2.21. The molecule has 0 atom stereocenters. The van der Waals surface area contributed by atoms with Crippen LogP contribution in [0.4, 0.5) is 10.5 Å². The molecule has 0 bridgehead atoms. The number of rotatable bonds is 5. The molecule has 3 rings (SSSR count). The summed E-state index contributed by atoms with van der Waals surface area (Å²) in [4.78, 5) is 35.0. The van der Waals surface area contributed by atoms with Crippen LogP contribution in [-0.4, -0.2) is 23.0 Å². The number of halogens is 1. The van der Waals surface area contributed by atoms with Crippen molar-refractivity contribution in [3.8, 4) is 0 Å². The average molecular weight is 432 g/mol. The van der Waals surface area contributed by atoms with Crippen molar-refractivity contribution in [3.63, 3.8) is 0 Å². The van der Waals surface area contributed by atoms with Gasteiger partial charge in [-0.3, -0.25) is 9.59 Å². The number of carboxylic acid groups (broad SMARTS) is 1. The second-order valence-electron chi connectivity index (χ2n) is 5.62. The van der Waals surface area contributed by atoms with E-state index in [4.69, 9.17) is 15.3 Å². The van der Waals surface area contributed by atoms with Crippen LogP contribution in [0.15, 0.2) is 51.4 Å². The van der Waals surface area contributed by atoms with Gasteiger partial charge in [-0.25, -0.2) is 4.79 Å². The topological polar surface area (TPSA) is 135 Å². The predicted octanol–water partition coefficient (Wildman–Crippen LogP) is 3.31. The van der Waals surface area contributed by atoms with Crippen LogP contribution in [0.2, 0.25) is 0 Å². The van der Waals surface area contributed by atoms with Gasteiger partial charge in [0.2, 0.25) is 5.76 Å². The highest BCUT2D eigenvalue weighted by atomic mass is 79.9. The fourth-order valence-electron chi connectivity index (χ4n) is 2.55. The Labute approximate surface area is 161 Å². The second kappa shape index (κ2) is 7.50. The lowest BCUT2D eigenvalue weighted by molar-refractivity contribution is 0.0977. The number of nitrogens with one attached hydrogen (secondary N) is 2. The molecule has 0 aliphatic rings. The molecule has 138 valence electrons. The van der Waals surface area contributed by atoms with Crippen LogP contribution >= 0.6 is 15.9 Å². The molecule has 8 nitrogen and oxygen atoms in total. The SMILES string of the molecule is NC(=O)c1oc2ccc(Br)cc2c1NC(=O)c1cccc(CNC(=O)O)c1. The molecule has 0 fully saturated rings. The molecule has 3 amide bonds. The Bertz CT molecular complexity index is 1060. The first-order valence-corrected chi connectivity index (χ1v) is 8.53. The molecule has 0 radical (unpaired) electrons. The van der Waals surface area contributed by atoms with Gasteiger partial charge >= 0.3 is 6.09 Å². The summed E-state index contributed by atoms with van der Waals surface area (Å²) in [7, 11) is 0. The average Bonchev–Trinajstić information content (AvgIpc) is 2.98. The maximum atomic E-state index is 12.7. The minimum atomic E-state index is -1.16. The van der Waals surface area contributed by atoms with Gasteiger partial charge in [0.1, 0.15) is 11.3 Å². The molecule has 0 spiro atoms. The first-order valence-electron chi connectivity index (χ1n) is 7.74. The van der Waals surface area contributed by atoms with Crippen molar-refractivity contribution in [1.82, 2.24) is 5.32 Å². The zero-order valence-corrected chi connectivity index (χ0v) is 15.4. The predicted molar refractivity (Wildman–Crippen MR) is 102 cm³/mol. The van der Waals surface area contributed by atoms with Crippen LogP contribution in [0.5, 0.6) is 0 Å². The van der Waals surface area contributed by atoms with Crippen molar-refractivity contribution >= 4 is 50.5 Å². The van der Waals surface area contributed by atoms with Crippen LogP contribution in [0.25, 0.3) is 11.0 Å². The number of carbonyl (C=O) groups is 3. The number of carbonyl (C=O) groups excluding carboxylic acids is 2. The molecule has 0 saturated carbocycles. The zero-order chi connectivity index (χ0) is 19.6. The zero-order valence-electron chi connectivity index (χ0n) is 13.8. The third-order valence-electron chi connectivity index (χ3n) is 3.75. The number of fused-ring (bicyclic) bond motifs is 1. The molecular weight excluding hydrogens is 418 g/mol. The monoisotopic (exact) mass is 431 g/mol. The molecule has 0 aliphatic carbocycles. The van der Waals surface area contributed by atoms with E-state index in [1.807, 2.05) is 0 Å². The van der Waals surface area contributed by atoms with Gasteiger partial charge in [-0.2, -0.15) is 0 Å². The van der Waals surface area contributed by atoms with Gasteiger partial charge < -0.3 is 25.9 Å². The Balaban J connectivity index is 1.93. The van der Waals surface area contributed by atoms with Crippen molar-refractivity contribution in [2.75, 3.05) is 5.32 Å². The van der Waals surface area contributed by atoms with E-state index in [0.29, 0.717) is 22.1 Å². The summed E-state index contributed by atoms with van der Waals surface area (Å²) in [5, 5.41) is 14.1. The number of furan rings is 1. The number of benzene rings is 2. The van der Waals surface area contributed by atoms with E-state index in [0.717, 1.165) is 4.47 Å². The molecule has 2 aromatic carbocycles. The molecule has 5 N–H and O–H groups in total. The normalized spacial score (nSPS) is 10.6. The van der Waals surface area contributed by atoms with Gasteiger partial charge in [0.05, 0.1) is 0 Å². The summed E-state index contributed by atoms with van der Waals surface area (Å²) in [5.74, 6) is -1.45. The molecule has 0 aliphatic heterocycles. The van der Waals surface area contributed by atoms with Crippen LogP contribution in [0.1, 0.15) is 26.5 Å². The Hall–Kier alpha value is -3.33. The van der Waals surface area contributed by atoms with Crippen molar-refractivity contribution in [1.29, 1.82) is 0 Å². The molecular formula is C18H14BrN3O5. The van der Waals surface area contributed by atoms with E-state index in [9.17, 15) is 14.4 Å². The van der Waals surface area contributed by atoms with Crippen LogP contribution < -0.4 is 16.4 Å². The maximum Gasteiger partial charge on any atom is 0.404 e. The van der Waals surface area contributed by atoms with E-state index >= 15 is 0 Å². The minimum absolute atomic E-state index is 0.0601. The summed E-state index contributed by atoms with van der Waals surface area (Å²) < 4.78 is 6.20. The van der Waals surface area contributed by atoms with Gasteiger partial charge in [0.15, 0.2) is 0 Å². The summed E-state index contributed by atoms with van der Waals surface area (Å²) in [6, 6.07) is 11.5. The summed E-state index contributed by atoms with van der Waals surface area (Å²) in [5.41, 5.74) is 6.85. The quantitative estimate of drug-likeness (QED) is 0.491. The lowest BCUT2D eigenvalue weighted by Gasteiger charge is -2.07. The lowest BCUT2D eigenvalue weighted by Crippen LogP contribution is -2.20. The van der Waals surface area contributed by atoms with Crippen molar-refractivity contribution in [2.24, 2.45) is 5.73 Å². The second-order valence-corrected chi connectivity index (χ2v) is 6.54. The maximum absolute atomic E-state index is 12.7. The van der Waals surface area contributed by atoms with Crippen molar-refractivity contribution in [3.05, 3.63) is 63.8 Å². The molecule has 0 unspecified atom stereocenters.